The van der Waals surface area contributed by atoms with Crippen molar-refractivity contribution in [1.82, 2.24) is 4.90 Å². The van der Waals surface area contributed by atoms with E-state index in [0.717, 1.165) is 6.07 Å². The molecule has 1 aromatic rings. The second kappa shape index (κ2) is 4.28. The average Bonchev–Trinajstić information content (AvgIpc) is 2.09. The van der Waals surface area contributed by atoms with Crippen LogP contribution in [0.25, 0.3) is 0 Å². The Morgan fingerprint density at radius 1 is 1.50 bits per heavy atom. The number of nitrogens with zero attached hydrogens (tertiary/aromatic N) is 1. The summed E-state index contributed by atoms with van der Waals surface area (Å²) in [5, 5.41) is 2.71. The van der Waals surface area contributed by atoms with Crippen LogP contribution in [0, 0.1) is 5.82 Å². The SMILES string of the molecule is CN(C)C(=O)Nc1ccc(F)cc1Cl. The van der Waals surface area contributed by atoms with Crippen LogP contribution in [0.4, 0.5) is 14.9 Å². The number of halogens is 2. The maximum absolute atomic E-state index is 12.6. The van der Waals surface area contributed by atoms with Gasteiger partial charge in [-0.15, -0.1) is 0 Å². The van der Waals surface area contributed by atoms with E-state index in [1.54, 1.807) is 14.1 Å². The highest BCUT2D eigenvalue weighted by molar-refractivity contribution is 6.33. The monoisotopic (exact) mass is 216 g/mol. The predicted molar refractivity (Wildman–Crippen MR) is 54.1 cm³/mol. The lowest BCUT2D eigenvalue weighted by Crippen LogP contribution is -2.27. The van der Waals surface area contributed by atoms with E-state index >= 15 is 0 Å². The number of nitrogens with one attached hydrogen (secondary N) is 1. The van der Waals surface area contributed by atoms with E-state index in [-0.39, 0.29) is 11.1 Å². The molecule has 0 aliphatic carbocycles. The highest BCUT2D eigenvalue weighted by Crippen LogP contribution is 2.22. The van der Waals surface area contributed by atoms with E-state index in [1.807, 2.05) is 0 Å². The van der Waals surface area contributed by atoms with E-state index in [0.29, 0.717) is 5.69 Å². The lowest BCUT2D eigenvalue weighted by atomic mass is 10.3. The number of hydrogen-bond acceptors (Lipinski definition) is 1. The molecule has 0 saturated heterocycles. The molecule has 0 spiro atoms. The minimum Gasteiger partial charge on any atom is -0.331 e. The Kier molecular flexibility index (Phi) is 3.30. The number of urea groups is 1. The summed E-state index contributed by atoms with van der Waals surface area (Å²) < 4.78 is 12.6. The van der Waals surface area contributed by atoms with Gasteiger partial charge in [0, 0.05) is 14.1 Å². The Balaban J connectivity index is 2.82. The van der Waals surface area contributed by atoms with E-state index in [1.165, 1.54) is 17.0 Å². The highest BCUT2D eigenvalue weighted by atomic mass is 35.5. The first kappa shape index (κ1) is 10.8. The minimum atomic E-state index is -0.433. The lowest BCUT2D eigenvalue weighted by Gasteiger charge is -2.12. The zero-order valence-electron chi connectivity index (χ0n) is 7.84. The molecule has 1 aromatic carbocycles. The van der Waals surface area contributed by atoms with Gasteiger partial charge in [-0.25, -0.2) is 9.18 Å². The first-order chi connectivity index (χ1) is 6.50. The van der Waals surface area contributed by atoms with Gasteiger partial charge in [-0.2, -0.15) is 0 Å². The molecule has 2 amide bonds. The molecule has 76 valence electrons. The number of hydrogen-bond donors (Lipinski definition) is 1. The molecule has 0 heterocycles. The van der Waals surface area contributed by atoms with Crippen LogP contribution in [-0.4, -0.2) is 25.0 Å². The second-order valence-electron chi connectivity index (χ2n) is 2.95. The fourth-order valence-corrected chi connectivity index (χ4v) is 1.03. The Hall–Kier alpha value is -1.29. The molecule has 0 saturated carbocycles. The van der Waals surface area contributed by atoms with Gasteiger partial charge >= 0.3 is 6.03 Å². The molecule has 0 aromatic heterocycles. The van der Waals surface area contributed by atoms with Crippen molar-refractivity contribution in [3.05, 3.63) is 29.0 Å². The van der Waals surface area contributed by atoms with E-state index < -0.39 is 5.82 Å². The van der Waals surface area contributed by atoms with E-state index in [9.17, 15) is 9.18 Å². The Morgan fingerprint density at radius 2 is 2.14 bits per heavy atom. The summed E-state index contributed by atoms with van der Waals surface area (Å²) in [6.07, 6.45) is 0. The van der Waals surface area contributed by atoms with Gasteiger partial charge in [0.2, 0.25) is 0 Å². The molecular formula is C9H10ClFN2O. The summed E-state index contributed by atoms with van der Waals surface area (Å²) in [6, 6.07) is 3.49. The van der Waals surface area contributed by atoms with Crippen LogP contribution < -0.4 is 5.32 Å². The number of carbonyl (C=O) groups is 1. The van der Waals surface area contributed by atoms with Crippen molar-refractivity contribution in [1.29, 1.82) is 0 Å². The molecule has 0 fully saturated rings. The van der Waals surface area contributed by atoms with Gasteiger partial charge in [0.1, 0.15) is 5.82 Å². The van der Waals surface area contributed by atoms with Crippen LogP contribution >= 0.6 is 11.6 Å². The molecule has 1 rings (SSSR count). The first-order valence-electron chi connectivity index (χ1n) is 3.94. The van der Waals surface area contributed by atoms with Gasteiger partial charge < -0.3 is 10.2 Å². The van der Waals surface area contributed by atoms with Crippen LogP contribution in [0.15, 0.2) is 18.2 Å². The standard InChI is InChI=1S/C9H10ClFN2O/c1-13(2)9(14)12-8-4-3-6(11)5-7(8)10/h3-5H,1-2H3,(H,12,14). The van der Waals surface area contributed by atoms with Crippen LogP contribution in [0.2, 0.25) is 5.02 Å². The van der Waals surface area contributed by atoms with Crippen molar-refractivity contribution in [3.8, 4) is 0 Å². The maximum Gasteiger partial charge on any atom is 0.321 e. The predicted octanol–water partition coefficient (Wildman–Crippen LogP) is 2.57. The summed E-state index contributed by atoms with van der Waals surface area (Å²) in [5.74, 6) is -0.433. The Labute approximate surface area is 86.5 Å². The van der Waals surface area contributed by atoms with E-state index in [2.05, 4.69) is 5.32 Å². The number of amides is 2. The topological polar surface area (TPSA) is 32.3 Å². The van der Waals surface area contributed by atoms with Crippen LogP contribution in [-0.2, 0) is 0 Å². The van der Waals surface area contributed by atoms with Gasteiger partial charge in [0.05, 0.1) is 10.7 Å². The molecule has 5 heteroatoms. The molecule has 0 unspecified atom stereocenters. The van der Waals surface area contributed by atoms with Gasteiger partial charge in [0.25, 0.3) is 0 Å². The lowest BCUT2D eigenvalue weighted by molar-refractivity contribution is 0.230. The number of benzene rings is 1. The van der Waals surface area contributed by atoms with Crippen LogP contribution in [0.5, 0.6) is 0 Å². The highest BCUT2D eigenvalue weighted by Gasteiger charge is 2.07. The first-order valence-corrected chi connectivity index (χ1v) is 4.32. The third kappa shape index (κ3) is 2.60. The summed E-state index contributed by atoms with van der Waals surface area (Å²) in [5.41, 5.74) is 0.395. The smallest absolute Gasteiger partial charge is 0.321 e. The minimum absolute atomic E-state index is 0.181. The fourth-order valence-electron chi connectivity index (χ4n) is 0.818. The molecule has 0 atom stereocenters. The van der Waals surface area contributed by atoms with E-state index in [4.69, 9.17) is 11.6 Å². The van der Waals surface area contributed by atoms with Crippen molar-refractivity contribution in [2.75, 3.05) is 19.4 Å². The zero-order valence-corrected chi connectivity index (χ0v) is 8.60. The normalized spacial score (nSPS) is 9.71. The third-order valence-electron chi connectivity index (χ3n) is 1.58. The van der Waals surface area contributed by atoms with Gasteiger partial charge in [-0.1, -0.05) is 11.6 Å². The van der Waals surface area contributed by atoms with Crippen molar-refractivity contribution < 1.29 is 9.18 Å². The van der Waals surface area contributed by atoms with Crippen LogP contribution in [0.3, 0.4) is 0 Å². The summed E-state index contributed by atoms with van der Waals surface area (Å²) in [4.78, 5) is 12.6. The molecule has 3 nitrogen and oxygen atoms in total. The van der Waals surface area contributed by atoms with Crippen LogP contribution in [0.1, 0.15) is 0 Å². The summed E-state index contributed by atoms with van der Waals surface area (Å²) in [7, 11) is 3.21. The number of rotatable bonds is 1. The second-order valence-corrected chi connectivity index (χ2v) is 3.36. The summed E-state index contributed by atoms with van der Waals surface area (Å²) in [6.45, 7) is 0. The molecular weight excluding hydrogens is 207 g/mol. The average molecular weight is 217 g/mol. The van der Waals surface area contributed by atoms with Crippen molar-refractivity contribution >= 4 is 23.3 Å². The Morgan fingerprint density at radius 3 is 2.64 bits per heavy atom. The molecule has 1 N–H and O–H groups in total. The largest absolute Gasteiger partial charge is 0.331 e. The zero-order chi connectivity index (χ0) is 10.7. The van der Waals surface area contributed by atoms with Crippen molar-refractivity contribution in [3.63, 3.8) is 0 Å². The van der Waals surface area contributed by atoms with Crippen molar-refractivity contribution in [2.45, 2.75) is 0 Å². The number of anilines is 1. The quantitative estimate of drug-likeness (QED) is 0.769. The third-order valence-corrected chi connectivity index (χ3v) is 1.89. The molecule has 0 radical (unpaired) electrons. The molecule has 0 bridgehead atoms. The molecule has 14 heavy (non-hydrogen) atoms. The molecule has 0 aliphatic heterocycles. The van der Waals surface area contributed by atoms with Gasteiger partial charge in [-0.05, 0) is 18.2 Å². The fraction of sp³-hybridized carbons (Fsp3) is 0.222. The van der Waals surface area contributed by atoms with Crippen molar-refractivity contribution in [2.24, 2.45) is 0 Å². The maximum atomic E-state index is 12.6. The summed E-state index contributed by atoms with van der Waals surface area (Å²) >= 11 is 5.71. The number of carbonyl (C=O) groups excluding carboxylic acids is 1. The van der Waals surface area contributed by atoms with Gasteiger partial charge in [0.15, 0.2) is 0 Å². The molecule has 0 aliphatic rings. The Bertz CT molecular complexity index is 355. The van der Waals surface area contributed by atoms with Gasteiger partial charge in [-0.3, -0.25) is 0 Å².